The van der Waals surface area contributed by atoms with Gasteiger partial charge in [0.15, 0.2) is 5.82 Å². The number of benzene rings is 1. The van der Waals surface area contributed by atoms with Crippen molar-refractivity contribution in [1.29, 1.82) is 0 Å². The number of hydrogen-bond acceptors (Lipinski definition) is 6. The highest BCUT2D eigenvalue weighted by Gasteiger charge is 2.13. The summed E-state index contributed by atoms with van der Waals surface area (Å²) < 4.78 is 5.11. The zero-order chi connectivity index (χ0) is 12.5. The highest BCUT2D eigenvalue weighted by molar-refractivity contribution is 5.59. The van der Waals surface area contributed by atoms with E-state index in [1.165, 1.54) is 6.33 Å². The Morgan fingerprint density at radius 3 is 2.94 bits per heavy atom. The van der Waals surface area contributed by atoms with E-state index in [1.54, 1.807) is 18.2 Å². The van der Waals surface area contributed by atoms with Crippen LogP contribution >= 0.6 is 0 Å². The van der Waals surface area contributed by atoms with E-state index in [0.29, 0.717) is 23.1 Å². The van der Waals surface area contributed by atoms with Crippen LogP contribution in [0.5, 0.6) is 5.75 Å². The number of hydrogen-bond donors (Lipinski definition) is 2. The zero-order valence-corrected chi connectivity index (χ0v) is 9.45. The monoisotopic (exact) mass is 243 g/mol. The number of nitrogens with one attached hydrogen (secondary N) is 1. The molecule has 1 aromatic carbocycles. The first kappa shape index (κ1) is 10.5. The largest absolute Gasteiger partial charge is 0.508 e. The normalized spacial score (nSPS) is 10.7. The molecule has 0 amide bonds. The number of aromatic nitrogens is 5. The Labute approximate surface area is 102 Å². The molecule has 90 valence electrons. The van der Waals surface area contributed by atoms with Gasteiger partial charge in [-0.3, -0.25) is 5.10 Å². The third kappa shape index (κ3) is 1.71. The summed E-state index contributed by atoms with van der Waals surface area (Å²) >= 11 is 0. The summed E-state index contributed by atoms with van der Waals surface area (Å²) in [6, 6.07) is 5.16. The van der Waals surface area contributed by atoms with E-state index in [2.05, 4.69) is 25.3 Å². The van der Waals surface area contributed by atoms with Crippen molar-refractivity contribution < 1.29 is 9.63 Å². The molecule has 0 atom stereocenters. The van der Waals surface area contributed by atoms with Crippen molar-refractivity contribution in [3.63, 3.8) is 0 Å². The van der Waals surface area contributed by atoms with Crippen molar-refractivity contribution in [2.45, 2.75) is 6.92 Å². The lowest BCUT2D eigenvalue weighted by molar-refractivity contribution is 0.431. The van der Waals surface area contributed by atoms with Crippen LogP contribution in [0.4, 0.5) is 0 Å². The fraction of sp³-hybridized carbons (Fsp3) is 0.0909. The number of H-pyrrole nitrogens is 1. The molecular formula is C11H9N5O2. The van der Waals surface area contributed by atoms with Gasteiger partial charge in [0.2, 0.25) is 5.82 Å². The van der Waals surface area contributed by atoms with Gasteiger partial charge in [-0.1, -0.05) is 11.2 Å². The van der Waals surface area contributed by atoms with E-state index in [1.807, 2.05) is 6.92 Å². The van der Waals surface area contributed by atoms with Crippen LogP contribution in [0.25, 0.3) is 23.1 Å². The van der Waals surface area contributed by atoms with E-state index in [9.17, 15) is 5.11 Å². The summed E-state index contributed by atoms with van der Waals surface area (Å²) in [5, 5.41) is 19.8. The van der Waals surface area contributed by atoms with Crippen LogP contribution in [0.2, 0.25) is 0 Å². The molecular weight excluding hydrogens is 234 g/mol. The van der Waals surface area contributed by atoms with Gasteiger partial charge in [-0.15, -0.1) is 0 Å². The number of rotatable bonds is 2. The lowest BCUT2D eigenvalue weighted by Crippen LogP contribution is -1.84. The van der Waals surface area contributed by atoms with E-state index >= 15 is 0 Å². The molecule has 0 saturated carbocycles. The van der Waals surface area contributed by atoms with Gasteiger partial charge in [0.25, 0.3) is 5.89 Å². The fourth-order valence-corrected chi connectivity index (χ4v) is 1.49. The van der Waals surface area contributed by atoms with Crippen molar-refractivity contribution >= 4 is 0 Å². The Bertz CT molecular complexity index is 675. The van der Waals surface area contributed by atoms with Gasteiger partial charge in [0, 0.05) is 5.56 Å². The van der Waals surface area contributed by atoms with Crippen LogP contribution in [0.15, 0.2) is 29.0 Å². The van der Waals surface area contributed by atoms with Gasteiger partial charge in [0.05, 0.1) is 0 Å². The van der Waals surface area contributed by atoms with E-state index < -0.39 is 0 Å². The van der Waals surface area contributed by atoms with Crippen LogP contribution < -0.4 is 0 Å². The van der Waals surface area contributed by atoms with Crippen LogP contribution in [-0.2, 0) is 0 Å². The summed E-state index contributed by atoms with van der Waals surface area (Å²) in [5.74, 6) is 1.26. The van der Waals surface area contributed by atoms with Crippen LogP contribution in [-0.4, -0.2) is 30.4 Å². The van der Waals surface area contributed by atoms with Crippen molar-refractivity contribution in [3.05, 3.63) is 30.1 Å². The molecule has 2 N–H and O–H groups in total. The van der Waals surface area contributed by atoms with Gasteiger partial charge >= 0.3 is 0 Å². The van der Waals surface area contributed by atoms with Crippen LogP contribution in [0, 0.1) is 6.92 Å². The highest BCUT2D eigenvalue weighted by Crippen LogP contribution is 2.25. The summed E-state index contributed by atoms with van der Waals surface area (Å²) in [6.45, 7) is 1.81. The Kier molecular flexibility index (Phi) is 2.30. The first-order valence-electron chi connectivity index (χ1n) is 5.23. The van der Waals surface area contributed by atoms with Crippen molar-refractivity contribution in [2.24, 2.45) is 0 Å². The van der Waals surface area contributed by atoms with Crippen LogP contribution in [0.1, 0.15) is 5.56 Å². The third-order valence-corrected chi connectivity index (χ3v) is 2.51. The van der Waals surface area contributed by atoms with Gasteiger partial charge in [-0.2, -0.15) is 10.1 Å². The second-order valence-electron chi connectivity index (χ2n) is 3.76. The molecule has 0 aliphatic heterocycles. The Balaban J connectivity index is 2.00. The molecule has 7 heteroatoms. The molecule has 0 bridgehead atoms. The number of aryl methyl sites for hydroxylation is 1. The molecule has 7 nitrogen and oxygen atoms in total. The van der Waals surface area contributed by atoms with Gasteiger partial charge in [-0.25, -0.2) is 4.98 Å². The number of phenols is 1. The first-order valence-corrected chi connectivity index (χ1v) is 5.23. The summed E-state index contributed by atoms with van der Waals surface area (Å²) in [7, 11) is 0. The molecule has 2 aromatic heterocycles. The average molecular weight is 243 g/mol. The smallest absolute Gasteiger partial charge is 0.258 e. The number of aromatic amines is 1. The molecule has 0 unspecified atom stereocenters. The topological polar surface area (TPSA) is 101 Å². The molecule has 2 heterocycles. The lowest BCUT2D eigenvalue weighted by atomic mass is 10.1. The van der Waals surface area contributed by atoms with Crippen molar-refractivity contribution in [2.75, 3.05) is 0 Å². The minimum atomic E-state index is 0.187. The summed E-state index contributed by atoms with van der Waals surface area (Å²) in [4.78, 5) is 8.10. The predicted octanol–water partition coefficient (Wildman–Crippen LogP) is 1.54. The predicted molar refractivity (Wildman–Crippen MR) is 61.5 cm³/mol. The molecule has 0 radical (unpaired) electrons. The molecule has 3 rings (SSSR count). The molecule has 0 saturated heterocycles. The van der Waals surface area contributed by atoms with Gasteiger partial charge in [0.1, 0.15) is 12.1 Å². The second-order valence-corrected chi connectivity index (χ2v) is 3.76. The number of aromatic hydroxyl groups is 1. The summed E-state index contributed by atoms with van der Waals surface area (Å²) in [5.41, 5.74) is 1.44. The zero-order valence-electron chi connectivity index (χ0n) is 9.45. The van der Waals surface area contributed by atoms with Crippen LogP contribution in [0.3, 0.4) is 0 Å². The SMILES string of the molecule is Cc1ccc(-c2nc(-c3ncn[nH]3)no2)cc1O. The van der Waals surface area contributed by atoms with E-state index in [-0.39, 0.29) is 5.75 Å². The summed E-state index contributed by atoms with van der Waals surface area (Å²) in [6.07, 6.45) is 1.36. The van der Waals surface area contributed by atoms with E-state index in [0.717, 1.165) is 5.56 Å². The standard InChI is InChI=1S/C11H9N5O2/c1-6-2-3-7(4-8(6)17)11-14-10(16-18-11)9-12-5-13-15-9/h2-5,17H,1H3,(H,12,13,15). The van der Waals surface area contributed by atoms with Crippen molar-refractivity contribution in [1.82, 2.24) is 25.3 Å². The Hall–Kier alpha value is -2.70. The second kappa shape index (κ2) is 3.95. The molecule has 3 aromatic rings. The molecule has 0 aliphatic rings. The maximum Gasteiger partial charge on any atom is 0.258 e. The third-order valence-electron chi connectivity index (χ3n) is 2.51. The Morgan fingerprint density at radius 2 is 2.22 bits per heavy atom. The quantitative estimate of drug-likeness (QED) is 0.707. The Morgan fingerprint density at radius 1 is 1.33 bits per heavy atom. The molecule has 18 heavy (non-hydrogen) atoms. The fourth-order valence-electron chi connectivity index (χ4n) is 1.49. The van der Waals surface area contributed by atoms with Crippen molar-refractivity contribution in [3.8, 4) is 28.9 Å². The maximum absolute atomic E-state index is 9.63. The first-order chi connectivity index (χ1) is 8.74. The lowest BCUT2D eigenvalue weighted by Gasteiger charge is -1.99. The minimum absolute atomic E-state index is 0.187. The van der Waals surface area contributed by atoms with Gasteiger partial charge in [-0.05, 0) is 24.6 Å². The average Bonchev–Trinajstić information content (AvgIpc) is 3.01. The highest BCUT2D eigenvalue weighted by atomic mass is 16.5. The van der Waals surface area contributed by atoms with Gasteiger partial charge < -0.3 is 9.63 Å². The molecule has 0 aliphatic carbocycles. The number of phenolic OH excluding ortho intramolecular Hbond substituents is 1. The minimum Gasteiger partial charge on any atom is -0.508 e. The molecule has 0 spiro atoms. The molecule has 0 fully saturated rings. The van der Waals surface area contributed by atoms with E-state index in [4.69, 9.17) is 4.52 Å². The maximum atomic E-state index is 9.63. The number of nitrogens with zero attached hydrogens (tertiary/aromatic N) is 4.